The van der Waals surface area contributed by atoms with Gasteiger partial charge in [0.2, 0.25) is 0 Å². The zero-order valence-electron chi connectivity index (χ0n) is 13.7. The summed E-state index contributed by atoms with van der Waals surface area (Å²) in [7, 11) is 3.17. The molecule has 0 unspecified atom stereocenters. The van der Waals surface area contributed by atoms with Gasteiger partial charge >= 0.3 is 0 Å². The fraction of sp³-hybridized carbons (Fsp3) is 0.375. The van der Waals surface area contributed by atoms with Crippen molar-refractivity contribution in [3.63, 3.8) is 0 Å². The molecule has 0 fully saturated rings. The number of rotatable bonds is 6. The maximum Gasteiger partial charge on any atom is 0.263 e. The molecule has 0 aliphatic heterocycles. The average molecular weight is 335 g/mol. The van der Waals surface area contributed by atoms with E-state index in [1.807, 2.05) is 32.0 Å². The smallest absolute Gasteiger partial charge is 0.263 e. The highest BCUT2D eigenvalue weighted by Crippen LogP contribution is 2.34. The van der Waals surface area contributed by atoms with Crippen LogP contribution in [0.25, 0.3) is 10.6 Å². The summed E-state index contributed by atoms with van der Waals surface area (Å²) in [4.78, 5) is 17.4. The summed E-state index contributed by atoms with van der Waals surface area (Å²) in [6, 6.07) is 5.49. The number of nitrogens with zero attached hydrogens (tertiary/aromatic N) is 1. The molecule has 0 bridgehead atoms. The molecule has 2 aromatic rings. The van der Waals surface area contributed by atoms with Crippen LogP contribution in [-0.2, 0) is 0 Å². The molecule has 0 spiro atoms. The molecule has 0 aliphatic carbocycles. The number of carbonyl (C=O) groups excluding carboxylic acids is 1. The van der Waals surface area contributed by atoms with Crippen LogP contribution in [0.5, 0.6) is 11.5 Å². The topological polar surface area (TPSA) is 86.5 Å². The Hall–Kier alpha value is -2.12. The van der Waals surface area contributed by atoms with Gasteiger partial charge in [0.25, 0.3) is 5.91 Å². The molecule has 23 heavy (non-hydrogen) atoms. The van der Waals surface area contributed by atoms with Crippen LogP contribution in [0.4, 0.5) is 0 Å². The summed E-state index contributed by atoms with van der Waals surface area (Å²) in [5.41, 5.74) is 7.11. The average Bonchev–Trinajstić information content (AvgIpc) is 2.95. The van der Waals surface area contributed by atoms with Crippen molar-refractivity contribution in [1.29, 1.82) is 0 Å². The molecular formula is C16H21N3O3S. The SMILES string of the molecule is COc1ccc(-c2nc(C)c(C(=O)N[C@@H](C)CN)s2)cc1OC. The Morgan fingerprint density at radius 2 is 2.04 bits per heavy atom. The van der Waals surface area contributed by atoms with Crippen LogP contribution in [0.2, 0.25) is 0 Å². The van der Waals surface area contributed by atoms with Crippen LogP contribution >= 0.6 is 11.3 Å². The number of hydrogen-bond acceptors (Lipinski definition) is 6. The minimum atomic E-state index is -0.148. The van der Waals surface area contributed by atoms with Crippen molar-refractivity contribution >= 4 is 17.2 Å². The monoisotopic (exact) mass is 335 g/mol. The van der Waals surface area contributed by atoms with Crippen LogP contribution in [0.3, 0.4) is 0 Å². The van der Waals surface area contributed by atoms with Gasteiger partial charge in [-0.3, -0.25) is 4.79 Å². The number of benzene rings is 1. The lowest BCUT2D eigenvalue weighted by Crippen LogP contribution is -2.37. The lowest BCUT2D eigenvalue weighted by atomic mass is 10.2. The zero-order valence-corrected chi connectivity index (χ0v) is 14.5. The molecule has 6 nitrogen and oxygen atoms in total. The first kappa shape index (κ1) is 17.2. The second-order valence-electron chi connectivity index (χ2n) is 5.11. The number of aromatic nitrogens is 1. The summed E-state index contributed by atoms with van der Waals surface area (Å²) < 4.78 is 10.5. The van der Waals surface area contributed by atoms with Crippen LogP contribution in [0.15, 0.2) is 18.2 Å². The van der Waals surface area contributed by atoms with Crippen LogP contribution < -0.4 is 20.5 Å². The maximum atomic E-state index is 12.3. The van der Waals surface area contributed by atoms with Gasteiger partial charge in [-0.05, 0) is 32.0 Å². The van der Waals surface area contributed by atoms with Crippen molar-refractivity contribution in [2.24, 2.45) is 5.73 Å². The highest BCUT2D eigenvalue weighted by atomic mass is 32.1. The van der Waals surface area contributed by atoms with E-state index in [0.29, 0.717) is 28.6 Å². The molecule has 1 aromatic heterocycles. The Bertz CT molecular complexity index is 700. The number of amides is 1. The normalized spacial score (nSPS) is 11.9. The van der Waals surface area contributed by atoms with Crippen molar-refractivity contribution in [3.05, 3.63) is 28.8 Å². The highest BCUT2D eigenvalue weighted by Gasteiger charge is 2.18. The van der Waals surface area contributed by atoms with E-state index in [0.717, 1.165) is 10.6 Å². The van der Waals surface area contributed by atoms with Gasteiger partial charge in [0.05, 0.1) is 19.9 Å². The predicted molar refractivity (Wildman–Crippen MR) is 91.4 cm³/mol. The molecule has 0 aliphatic rings. The van der Waals surface area contributed by atoms with Crippen molar-refractivity contribution in [2.75, 3.05) is 20.8 Å². The van der Waals surface area contributed by atoms with Gasteiger partial charge in [0.15, 0.2) is 11.5 Å². The van der Waals surface area contributed by atoms with Gasteiger partial charge in [0.1, 0.15) is 9.88 Å². The molecule has 2 rings (SSSR count). The van der Waals surface area contributed by atoms with E-state index in [1.165, 1.54) is 11.3 Å². The third-order valence-electron chi connectivity index (χ3n) is 3.36. The van der Waals surface area contributed by atoms with E-state index in [9.17, 15) is 4.79 Å². The predicted octanol–water partition coefficient (Wildman–Crippen LogP) is 2.21. The minimum absolute atomic E-state index is 0.0754. The number of nitrogens with two attached hydrogens (primary N) is 1. The Morgan fingerprint density at radius 1 is 1.35 bits per heavy atom. The van der Waals surface area contributed by atoms with Gasteiger partial charge in [0, 0.05) is 18.2 Å². The van der Waals surface area contributed by atoms with Gasteiger partial charge in [-0.1, -0.05) is 0 Å². The summed E-state index contributed by atoms with van der Waals surface area (Å²) in [5.74, 6) is 1.13. The molecule has 1 heterocycles. The Kier molecular flexibility index (Phi) is 5.57. The lowest BCUT2D eigenvalue weighted by molar-refractivity contribution is 0.0944. The molecule has 124 valence electrons. The number of hydrogen-bond donors (Lipinski definition) is 2. The molecule has 1 amide bonds. The van der Waals surface area contributed by atoms with Crippen LogP contribution in [0.1, 0.15) is 22.3 Å². The third kappa shape index (κ3) is 3.80. The van der Waals surface area contributed by atoms with Crippen molar-refractivity contribution < 1.29 is 14.3 Å². The van der Waals surface area contributed by atoms with E-state index in [4.69, 9.17) is 15.2 Å². The Morgan fingerprint density at radius 3 is 2.65 bits per heavy atom. The number of methoxy groups -OCH3 is 2. The summed E-state index contributed by atoms with van der Waals surface area (Å²) in [5, 5.41) is 3.61. The number of carbonyl (C=O) groups is 1. The second kappa shape index (κ2) is 7.43. The highest BCUT2D eigenvalue weighted by molar-refractivity contribution is 7.17. The lowest BCUT2D eigenvalue weighted by Gasteiger charge is -2.10. The molecule has 0 radical (unpaired) electrons. The molecule has 3 N–H and O–H groups in total. The first-order valence-electron chi connectivity index (χ1n) is 7.20. The van der Waals surface area contributed by atoms with Crippen LogP contribution in [-0.4, -0.2) is 37.7 Å². The number of thiazole rings is 1. The molecule has 0 saturated heterocycles. The first-order valence-corrected chi connectivity index (χ1v) is 8.02. The number of ether oxygens (including phenoxy) is 2. The first-order chi connectivity index (χ1) is 11.0. The Balaban J connectivity index is 2.32. The summed E-state index contributed by atoms with van der Waals surface area (Å²) >= 11 is 1.35. The quantitative estimate of drug-likeness (QED) is 0.845. The van der Waals surface area contributed by atoms with E-state index in [-0.39, 0.29) is 11.9 Å². The molecular weight excluding hydrogens is 314 g/mol. The van der Waals surface area contributed by atoms with Crippen molar-refractivity contribution in [3.8, 4) is 22.1 Å². The fourth-order valence-corrected chi connectivity index (χ4v) is 3.01. The number of aryl methyl sites for hydroxylation is 1. The molecule has 7 heteroatoms. The van der Waals surface area contributed by atoms with Gasteiger partial charge < -0.3 is 20.5 Å². The largest absolute Gasteiger partial charge is 0.493 e. The van der Waals surface area contributed by atoms with Gasteiger partial charge in [-0.2, -0.15) is 0 Å². The Labute approximate surface area is 139 Å². The van der Waals surface area contributed by atoms with E-state index < -0.39 is 0 Å². The summed E-state index contributed by atoms with van der Waals surface area (Å²) in [6.07, 6.45) is 0. The van der Waals surface area contributed by atoms with Gasteiger partial charge in [-0.15, -0.1) is 11.3 Å². The summed E-state index contributed by atoms with van der Waals surface area (Å²) in [6.45, 7) is 4.08. The van der Waals surface area contributed by atoms with Crippen molar-refractivity contribution in [1.82, 2.24) is 10.3 Å². The standard InChI is InChI=1S/C16H21N3O3S/c1-9(8-17)18-15(20)14-10(2)19-16(23-14)11-5-6-12(21-3)13(7-11)22-4/h5-7,9H,8,17H2,1-4H3,(H,18,20)/t9-/m0/s1. The molecule has 0 saturated carbocycles. The van der Waals surface area contributed by atoms with E-state index in [1.54, 1.807) is 14.2 Å². The van der Waals surface area contributed by atoms with E-state index in [2.05, 4.69) is 10.3 Å². The maximum absolute atomic E-state index is 12.3. The van der Waals surface area contributed by atoms with Crippen LogP contribution in [0, 0.1) is 6.92 Å². The number of nitrogens with one attached hydrogen (secondary N) is 1. The fourth-order valence-electron chi connectivity index (χ4n) is 2.05. The van der Waals surface area contributed by atoms with Crippen molar-refractivity contribution in [2.45, 2.75) is 19.9 Å². The second-order valence-corrected chi connectivity index (χ2v) is 6.11. The minimum Gasteiger partial charge on any atom is -0.493 e. The third-order valence-corrected chi connectivity index (χ3v) is 4.57. The molecule has 1 atom stereocenters. The zero-order chi connectivity index (χ0) is 17.0. The van der Waals surface area contributed by atoms with Gasteiger partial charge in [-0.25, -0.2) is 4.98 Å². The molecule has 1 aromatic carbocycles. The van der Waals surface area contributed by atoms with E-state index >= 15 is 0 Å².